The first-order chi connectivity index (χ1) is 8.45. The highest BCUT2D eigenvalue weighted by molar-refractivity contribution is 5.94. The summed E-state index contributed by atoms with van der Waals surface area (Å²) >= 11 is 0. The Morgan fingerprint density at radius 1 is 1.50 bits per heavy atom. The number of nitrogens with one attached hydrogen (secondary N) is 2. The smallest absolute Gasteiger partial charge is 0.326 e. The SMILES string of the molecule is CC[C@H](C)[C@H](NC(=O)c1ccc(=O)[nH]n1)C(=O)O. The number of carbonyl (C=O) groups is 2. The van der Waals surface area contributed by atoms with Crippen molar-refractivity contribution in [1.29, 1.82) is 0 Å². The molecule has 0 spiro atoms. The molecule has 18 heavy (non-hydrogen) atoms. The Kier molecular flexibility index (Phi) is 4.59. The molecule has 0 aliphatic rings. The van der Waals surface area contributed by atoms with E-state index in [2.05, 4.69) is 15.5 Å². The lowest BCUT2D eigenvalue weighted by atomic mass is 9.99. The van der Waals surface area contributed by atoms with Crippen LogP contribution in [0.4, 0.5) is 0 Å². The van der Waals surface area contributed by atoms with Gasteiger partial charge < -0.3 is 10.4 Å². The minimum atomic E-state index is -1.10. The summed E-state index contributed by atoms with van der Waals surface area (Å²) in [4.78, 5) is 33.5. The molecule has 2 atom stereocenters. The van der Waals surface area contributed by atoms with E-state index in [-0.39, 0.29) is 11.6 Å². The van der Waals surface area contributed by atoms with Gasteiger partial charge in [-0.15, -0.1) is 0 Å². The molecular formula is C11H15N3O4. The number of aromatic nitrogens is 2. The number of carboxylic acid groups (broad SMARTS) is 1. The van der Waals surface area contributed by atoms with Gasteiger partial charge in [-0.2, -0.15) is 5.10 Å². The number of amides is 1. The molecule has 98 valence electrons. The van der Waals surface area contributed by atoms with E-state index in [1.807, 2.05) is 6.92 Å². The third-order valence-electron chi connectivity index (χ3n) is 2.68. The predicted molar refractivity (Wildman–Crippen MR) is 63.2 cm³/mol. The van der Waals surface area contributed by atoms with Crippen molar-refractivity contribution in [2.75, 3.05) is 0 Å². The molecule has 0 aliphatic heterocycles. The van der Waals surface area contributed by atoms with Crippen molar-refractivity contribution in [3.63, 3.8) is 0 Å². The van der Waals surface area contributed by atoms with Crippen molar-refractivity contribution in [3.8, 4) is 0 Å². The summed E-state index contributed by atoms with van der Waals surface area (Å²) in [5.74, 6) is -1.92. The molecule has 7 heteroatoms. The molecule has 0 aromatic carbocycles. The summed E-state index contributed by atoms with van der Waals surface area (Å²) in [7, 11) is 0. The summed E-state index contributed by atoms with van der Waals surface area (Å²) in [5.41, 5.74) is -0.451. The Balaban J connectivity index is 2.81. The quantitative estimate of drug-likeness (QED) is 0.683. The van der Waals surface area contributed by atoms with Crippen LogP contribution in [-0.4, -0.2) is 33.2 Å². The minimum absolute atomic E-state index is 0.0239. The first kappa shape index (κ1) is 13.9. The van der Waals surface area contributed by atoms with Crippen LogP contribution in [0.25, 0.3) is 0 Å². The number of aliphatic carboxylic acids is 1. The molecule has 0 saturated heterocycles. The Morgan fingerprint density at radius 3 is 2.61 bits per heavy atom. The summed E-state index contributed by atoms with van der Waals surface area (Å²) in [6.45, 7) is 3.57. The lowest BCUT2D eigenvalue weighted by Crippen LogP contribution is -2.45. The molecule has 1 rings (SSSR count). The zero-order chi connectivity index (χ0) is 13.7. The lowest BCUT2D eigenvalue weighted by Gasteiger charge is -2.19. The molecular weight excluding hydrogens is 238 g/mol. The number of aromatic amines is 1. The molecule has 0 aliphatic carbocycles. The second-order valence-electron chi connectivity index (χ2n) is 3.98. The number of H-pyrrole nitrogens is 1. The highest BCUT2D eigenvalue weighted by atomic mass is 16.4. The van der Waals surface area contributed by atoms with Crippen LogP contribution in [0.2, 0.25) is 0 Å². The topological polar surface area (TPSA) is 112 Å². The van der Waals surface area contributed by atoms with Gasteiger partial charge in [0.15, 0.2) is 0 Å². The van der Waals surface area contributed by atoms with Crippen LogP contribution in [-0.2, 0) is 4.79 Å². The van der Waals surface area contributed by atoms with Crippen LogP contribution in [0.5, 0.6) is 0 Å². The van der Waals surface area contributed by atoms with E-state index in [0.29, 0.717) is 6.42 Å². The molecule has 0 bridgehead atoms. The Labute approximate surface area is 103 Å². The van der Waals surface area contributed by atoms with Gasteiger partial charge in [-0.1, -0.05) is 20.3 Å². The Bertz CT molecular complexity index is 477. The maximum atomic E-state index is 11.7. The first-order valence-corrected chi connectivity index (χ1v) is 5.55. The van der Waals surface area contributed by atoms with E-state index in [1.165, 1.54) is 6.07 Å². The van der Waals surface area contributed by atoms with Crippen LogP contribution < -0.4 is 10.9 Å². The average Bonchev–Trinajstić information content (AvgIpc) is 2.35. The van der Waals surface area contributed by atoms with Gasteiger partial charge in [-0.25, -0.2) is 9.89 Å². The molecule has 1 aromatic heterocycles. The van der Waals surface area contributed by atoms with E-state index in [0.717, 1.165) is 6.07 Å². The first-order valence-electron chi connectivity index (χ1n) is 5.55. The zero-order valence-electron chi connectivity index (χ0n) is 10.1. The van der Waals surface area contributed by atoms with Crippen LogP contribution >= 0.6 is 0 Å². The van der Waals surface area contributed by atoms with Crippen LogP contribution in [0.15, 0.2) is 16.9 Å². The van der Waals surface area contributed by atoms with Gasteiger partial charge in [0.2, 0.25) is 0 Å². The van der Waals surface area contributed by atoms with Crippen molar-refractivity contribution in [2.45, 2.75) is 26.3 Å². The fourth-order valence-corrected chi connectivity index (χ4v) is 1.37. The third kappa shape index (κ3) is 3.41. The number of carboxylic acids is 1. The highest BCUT2D eigenvalue weighted by Gasteiger charge is 2.26. The van der Waals surface area contributed by atoms with Crippen molar-refractivity contribution < 1.29 is 14.7 Å². The number of hydrogen-bond acceptors (Lipinski definition) is 4. The van der Waals surface area contributed by atoms with Gasteiger partial charge in [-0.05, 0) is 12.0 Å². The Morgan fingerprint density at radius 2 is 2.17 bits per heavy atom. The van der Waals surface area contributed by atoms with Crippen LogP contribution in [0.3, 0.4) is 0 Å². The normalized spacial score (nSPS) is 13.7. The number of nitrogens with zero attached hydrogens (tertiary/aromatic N) is 1. The fraction of sp³-hybridized carbons (Fsp3) is 0.455. The molecule has 0 saturated carbocycles. The van der Waals surface area contributed by atoms with Crippen LogP contribution in [0.1, 0.15) is 30.8 Å². The summed E-state index contributed by atoms with van der Waals surface area (Å²) < 4.78 is 0. The second-order valence-corrected chi connectivity index (χ2v) is 3.98. The van der Waals surface area contributed by atoms with Gasteiger partial charge in [0.05, 0.1) is 0 Å². The maximum Gasteiger partial charge on any atom is 0.326 e. The van der Waals surface area contributed by atoms with E-state index < -0.39 is 23.5 Å². The highest BCUT2D eigenvalue weighted by Crippen LogP contribution is 2.08. The van der Waals surface area contributed by atoms with Gasteiger partial charge in [0.25, 0.3) is 11.5 Å². The van der Waals surface area contributed by atoms with Gasteiger partial charge in [0.1, 0.15) is 11.7 Å². The van der Waals surface area contributed by atoms with Crippen molar-refractivity contribution in [1.82, 2.24) is 15.5 Å². The van der Waals surface area contributed by atoms with E-state index in [9.17, 15) is 14.4 Å². The molecule has 3 N–H and O–H groups in total. The maximum absolute atomic E-state index is 11.7. The summed E-state index contributed by atoms with van der Waals surface area (Å²) in [6.07, 6.45) is 0.621. The minimum Gasteiger partial charge on any atom is -0.480 e. The standard InChI is InChI=1S/C11H15N3O4/c1-3-6(2)9(11(17)18)12-10(16)7-4-5-8(15)14-13-7/h4-6,9H,3H2,1-2H3,(H,12,16)(H,14,15)(H,17,18)/t6-,9-/m0/s1. The summed E-state index contributed by atoms with van der Waals surface area (Å²) in [5, 5.41) is 17.0. The van der Waals surface area contributed by atoms with Crippen molar-refractivity contribution >= 4 is 11.9 Å². The Hall–Kier alpha value is -2.18. The molecule has 0 radical (unpaired) electrons. The number of carbonyl (C=O) groups excluding carboxylic acids is 1. The van der Waals surface area contributed by atoms with Crippen molar-refractivity contribution in [3.05, 3.63) is 28.2 Å². The van der Waals surface area contributed by atoms with E-state index in [1.54, 1.807) is 6.92 Å². The van der Waals surface area contributed by atoms with E-state index in [4.69, 9.17) is 5.11 Å². The van der Waals surface area contributed by atoms with Gasteiger partial charge in [-0.3, -0.25) is 9.59 Å². The zero-order valence-corrected chi connectivity index (χ0v) is 10.1. The van der Waals surface area contributed by atoms with Gasteiger partial charge >= 0.3 is 5.97 Å². The van der Waals surface area contributed by atoms with Crippen molar-refractivity contribution in [2.24, 2.45) is 5.92 Å². The molecule has 1 heterocycles. The lowest BCUT2D eigenvalue weighted by molar-refractivity contribution is -0.140. The monoisotopic (exact) mass is 253 g/mol. The fourth-order valence-electron chi connectivity index (χ4n) is 1.37. The molecule has 1 amide bonds. The molecule has 1 aromatic rings. The number of hydrogen-bond donors (Lipinski definition) is 3. The average molecular weight is 253 g/mol. The largest absolute Gasteiger partial charge is 0.480 e. The third-order valence-corrected chi connectivity index (χ3v) is 2.68. The van der Waals surface area contributed by atoms with E-state index >= 15 is 0 Å². The van der Waals surface area contributed by atoms with Crippen LogP contribution in [0, 0.1) is 5.92 Å². The molecule has 0 unspecified atom stereocenters. The molecule has 0 fully saturated rings. The number of rotatable bonds is 5. The predicted octanol–water partition coefficient (Wildman–Crippen LogP) is -0.00100. The molecule has 7 nitrogen and oxygen atoms in total. The summed E-state index contributed by atoms with van der Waals surface area (Å²) in [6, 6.07) is 1.42. The second kappa shape index (κ2) is 5.95. The van der Waals surface area contributed by atoms with Gasteiger partial charge in [0, 0.05) is 6.07 Å².